The van der Waals surface area contributed by atoms with E-state index < -0.39 is 0 Å². The third-order valence-electron chi connectivity index (χ3n) is 4.66. The summed E-state index contributed by atoms with van der Waals surface area (Å²) in [4.78, 5) is 5.22. The van der Waals surface area contributed by atoms with Gasteiger partial charge in [0.1, 0.15) is 5.54 Å². The standard InChI is InChI=1S/C15H28N4/c1-3-17-15(2,13-16)7-9-18-10-11-19-8-5-4-6-14(19)12-18/h14,17H,3-12H2,1-2H3. The molecule has 0 saturated carbocycles. The third kappa shape index (κ3) is 3.92. The van der Waals surface area contributed by atoms with E-state index in [2.05, 4.69) is 28.1 Å². The molecule has 4 heteroatoms. The Hall–Kier alpha value is -0.630. The van der Waals surface area contributed by atoms with Crippen molar-refractivity contribution in [2.75, 3.05) is 39.3 Å². The van der Waals surface area contributed by atoms with Crippen LogP contribution in [-0.2, 0) is 0 Å². The van der Waals surface area contributed by atoms with Crippen molar-refractivity contribution in [3.63, 3.8) is 0 Å². The Morgan fingerprint density at radius 2 is 2.16 bits per heavy atom. The summed E-state index contributed by atoms with van der Waals surface area (Å²) in [6.45, 7) is 10.9. The Bertz CT molecular complexity index is 325. The Morgan fingerprint density at radius 1 is 1.32 bits per heavy atom. The maximum atomic E-state index is 9.29. The highest BCUT2D eigenvalue weighted by Gasteiger charge is 2.30. The molecule has 2 saturated heterocycles. The predicted octanol–water partition coefficient (Wildman–Crippen LogP) is 1.44. The lowest BCUT2D eigenvalue weighted by Gasteiger charge is -2.44. The number of piperazine rings is 1. The molecule has 2 unspecified atom stereocenters. The minimum absolute atomic E-state index is 0.363. The van der Waals surface area contributed by atoms with Gasteiger partial charge in [-0.15, -0.1) is 0 Å². The van der Waals surface area contributed by atoms with Crippen LogP contribution in [0.5, 0.6) is 0 Å². The molecule has 2 rings (SSSR count). The summed E-state index contributed by atoms with van der Waals surface area (Å²) in [7, 11) is 0. The van der Waals surface area contributed by atoms with Gasteiger partial charge in [-0.2, -0.15) is 5.26 Å². The molecule has 2 aliphatic heterocycles. The third-order valence-corrected chi connectivity index (χ3v) is 4.66. The number of nitrogens with one attached hydrogen (secondary N) is 1. The molecule has 2 atom stereocenters. The first kappa shape index (κ1) is 14.8. The van der Waals surface area contributed by atoms with Gasteiger partial charge >= 0.3 is 0 Å². The summed E-state index contributed by atoms with van der Waals surface area (Å²) in [6.07, 6.45) is 5.05. The molecule has 0 aliphatic carbocycles. The molecule has 0 aromatic heterocycles. The summed E-state index contributed by atoms with van der Waals surface area (Å²) in [5, 5.41) is 12.6. The summed E-state index contributed by atoms with van der Waals surface area (Å²) in [5.41, 5.74) is -0.363. The number of fused-ring (bicyclic) bond motifs is 1. The van der Waals surface area contributed by atoms with Gasteiger partial charge in [-0.3, -0.25) is 10.2 Å². The molecule has 0 bridgehead atoms. The monoisotopic (exact) mass is 264 g/mol. The van der Waals surface area contributed by atoms with Crippen LogP contribution in [0, 0.1) is 11.3 Å². The first-order valence-corrected chi connectivity index (χ1v) is 7.79. The summed E-state index contributed by atoms with van der Waals surface area (Å²) in [6, 6.07) is 3.20. The normalized spacial score (nSPS) is 28.4. The van der Waals surface area contributed by atoms with Crippen LogP contribution in [0.2, 0.25) is 0 Å². The van der Waals surface area contributed by atoms with E-state index in [0.29, 0.717) is 0 Å². The Labute approximate surface area is 117 Å². The average Bonchev–Trinajstić information content (AvgIpc) is 2.45. The first-order valence-electron chi connectivity index (χ1n) is 7.79. The largest absolute Gasteiger partial charge is 0.300 e. The molecule has 19 heavy (non-hydrogen) atoms. The molecule has 0 radical (unpaired) electrons. The van der Waals surface area contributed by atoms with Gasteiger partial charge < -0.3 is 4.90 Å². The van der Waals surface area contributed by atoms with E-state index in [1.54, 1.807) is 0 Å². The first-order chi connectivity index (χ1) is 9.17. The van der Waals surface area contributed by atoms with Gasteiger partial charge in [-0.1, -0.05) is 13.3 Å². The number of hydrogen-bond donors (Lipinski definition) is 1. The van der Waals surface area contributed by atoms with Crippen molar-refractivity contribution in [3.05, 3.63) is 0 Å². The van der Waals surface area contributed by atoms with Crippen molar-refractivity contribution >= 4 is 0 Å². The van der Waals surface area contributed by atoms with Crippen LogP contribution in [0.3, 0.4) is 0 Å². The van der Waals surface area contributed by atoms with Gasteiger partial charge in [0.05, 0.1) is 6.07 Å². The van der Waals surface area contributed by atoms with E-state index >= 15 is 0 Å². The van der Waals surface area contributed by atoms with Crippen molar-refractivity contribution in [1.82, 2.24) is 15.1 Å². The molecule has 0 spiro atoms. The van der Waals surface area contributed by atoms with Gasteiger partial charge in [-0.25, -0.2) is 0 Å². The molecule has 4 nitrogen and oxygen atoms in total. The molecule has 2 aliphatic rings. The number of nitriles is 1. The lowest BCUT2D eigenvalue weighted by molar-refractivity contribution is 0.0466. The maximum Gasteiger partial charge on any atom is 0.105 e. The van der Waals surface area contributed by atoms with Crippen LogP contribution >= 0.6 is 0 Å². The Morgan fingerprint density at radius 3 is 2.89 bits per heavy atom. The Balaban J connectivity index is 1.79. The fourth-order valence-electron chi connectivity index (χ4n) is 3.38. The van der Waals surface area contributed by atoms with E-state index in [9.17, 15) is 5.26 Å². The highest BCUT2D eigenvalue weighted by molar-refractivity contribution is 5.04. The minimum Gasteiger partial charge on any atom is -0.300 e. The number of hydrogen-bond acceptors (Lipinski definition) is 4. The Kier molecular flexibility index (Phi) is 5.20. The van der Waals surface area contributed by atoms with E-state index in [0.717, 1.165) is 25.6 Å². The molecule has 108 valence electrons. The molecule has 2 fully saturated rings. The summed E-state index contributed by atoms with van der Waals surface area (Å²) >= 11 is 0. The number of nitrogens with zero attached hydrogens (tertiary/aromatic N) is 3. The summed E-state index contributed by atoms with van der Waals surface area (Å²) in [5.74, 6) is 0. The second kappa shape index (κ2) is 6.69. The van der Waals surface area contributed by atoms with Crippen molar-refractivity contribution in [2.45, 2.75) is 51.1 Å². The highest BCUT2D eigenvalue weighted by Crippen LogP contribution is 2.21. The molecular formula is C15H28N4. The minimum atomic E-state index is -0.363. The lowest BCUT2D eigenvalue weighted by atomic mass is 9.97. The smallest absolute Gasteiger partial charge is 0.105 e. The fraction of sp³-hybridized carbons (Fsp3) is 0.933. The highest BCUT2D eigenvalue weighted by atomic mass is 15.3. The molecule has 2 heterocycles. The topological polar surface area (TPSA) is 42.3 Å². The quantitative estimate of drug-likeness (QED) is 0.816. The van der Waals surface area contributed by atoms with Gasteiger partial charge in [0.2, 0.25) is 0 Å². The van der Waals surface area contributed by atoms with E-state index in [-0.39, 0.29) is 5.54 Å². The van der Waals surface area contributed by atoms with E-state index in [4.69, 9.17) is 0 Å². The van der Waals surface area contributed by atoms with Crippen molar-refractivity contribution < 1.29 is 0 Å². The number of rotatable bonds is 5. The molecule has 0 aromatic rings. The van der Waals surface area contributed by atoms with Gasteiger partial charge in [0, 0.05) is 32.2 Å². The second-order valence-corrected chi connectivity index (χ2v) is 6.21. The molecule has 0 amide bonds. The molecule has 1 N–H and O–H groups in total. The van der Waals surface area contributed by atoms with Crippen molar-refractivity contribution in [1.29, 1.82) is 5.26 Å². The molecule has 0 aromatic carbocycles. The number of piperidine rings is 1. The second-order valence-electron chi connectivity index (χ2n) is 6.21. The van der Waals surface area contributed by atoms with Gasteiger partial charge in [0.25, 0.3) is 0 Å². The molecular weight excluding hydrogens is 236 g/mol. The zero-order valence-electron chi connectivity index (χ0n) is 12.5. The average molecular weight is 264 g/mol. The van der Waals surface area contributed by atoms with Gasteiger partial charge in [0.15, 0.2) is 0 Å². The van der Waals surface area contributed by atoms with Crippen LogP contribution in [-0.4, -0.2) is 60.6 Å². The van der Waals surface area contributed by atoms with Crippen molar-refractivity contribution in [3.8, 4) is 6.07 Å². The SMILES string of the molecule is CCNC(C)(C#N)CCN1CCN2CCCCC2C1. The van der Waals surface area contributed by atoms with Crippen LogP contribution in [0.4, 0.5) is 0 Å². The van der Waals surface area contributed by atoms with Crippen LogP contribution in [0.1, 0.15) is 39.5 Å². The van der Waals surface area contributed by atoms with E-state index in [1.807, 2.05) is 6.92 Å². The van der Waals surface area contributed by atoms with Crippen molar-refractivity contribution in [2.24, 2.45) is 0 Å². The zero-order chi connectivity index (χ0) is 13.7. The van der Waals surface area contributed by atoms with Gasteiger partial charge in [-0.05, 0) is 39.3 Å². The zero-order valence-corrected chi connectivity index (χ0v) is 12.5. The predicted molar refractivity (Wildman–Crippen MR) is 78.0 cm³/mol. The fourth-order valence-corrected chi connectivity index (χ4v) is 3.38. The van der Waals surface area contributed by atoms with E-state index in [1.165, 1.54) is 45.4 Å². The van der Waals surface area contributed by atoms with Crippen LogP contribution in [0.15, 0.2) is 0 Å². The summed E-state index contributed by atoms with van der Waals surface area (Å²) < 4.78 is 0. The lowest BCUT2D eigenvalue weighted by Crippen LogP contribution is -2.55. The van der Waals surface area contributed by atoms with Crippen LogP contribution in [0.25, 0.3) is 0 Å². The van der Waals surface area contributed by atoms with Crippen LogP contribution < -0.4 is 5.32 Å². The maximum absolute atomic E-state index is 9.29.